The van der Waals surface area contributed by atoms with Crippen molar-refractivity contribution in [1.82, 2.24) is 9.88 Å². The van der Waals surface area contributed by atoms with Gasteiger partial charge in [-0.2, -0.15) is 0 Å². The molecule has 0 fully saturated rings. The van der Waals surface area contributed by atoms with E-state index < -0.39 is 12.3 Å². The third-order valence-electron chi connectivity index (χ3n) is 7.41. The van der Waals surface area contributed by atoms with Crippen molar-refractivity contribution < 1.29 is 27.8 Å². The average molecular weight is 571 g/mol. The summed E-state index contributed by atoms with van der Waals surface area (Å²) in [6, 6.07) is 26.8. The summed E-state index contributed by atoms with van der Waals surface area (Å²) in [4.78, 5) is 11.6. The van der Waals surface area contributed by atoms with E-state index >= 15 is 0 Å². The second kappa shape index (κ2) is 11.5. The van der Waals surface area contributed by atoms with Crippen LogP contribution < -0.4 is 10.1 Å². The fraction of sp³-hybridized carbons (Fsp3) is 0.147. The molecule has 5 rings (SSSR count). The first-order valence-electron chi connectivity index (χ1n) is 13.3. The Hall–Kier alpha value is -4.98. The molecule has 214 valence electrons. The molecule has 0 bridgehead atoms. The van der Waals surface area contributed by atoms with Crippen LogP contribution in [0, 0.1) is 13.8 Å². The highest BCUT2D eigenvalue weighted by Crippen LogP contribution is 2.30. The highest BCUT2D eigenvalue weighted by atomic mass is 19.4. The van der Waals surface area contributed by atoms with Crippen LogP contribution in [0.5, 0.6) is 5.75 Å². The SMILES string of the molecule is C=C(NCc1ccc(OC(F)(F)F)cc1)c1ccc2c(c1)c(C)c(C)n2Cc1ccc(-c2ccccc2C(=O)O)cc1. The topological polar surface area (TPSA) is 63.5 Å². The maximum Gasteiger partial charge on any atom is 0.573 e. The summed E-state index contributed by atoms with van der Waals surface area (Å²) in [7, 11) is 0. The zero-order valence-corrected chi connectivity index (χ0v) is 23.1. The number of alkyl halides is 3. The van der Waals surface area contributed by atoms with Crippen molar-refractivity contribution in [2.75, 3.05) is 0 Å². The van der Waals surface area contributed by atoms with Gasteiger partial charge in [0.1, 0.15) is 5.75 Å². The Labute approximate surface area is 241 Å². The summed E-state index contributed by atoms with van der Waals surface area (Å²) in [5.41, 5.74) is 8.70. The number of ether oxygens (including phenoxy) is 1. The second-order valence-corrected chi connectivity index (χ2v) is 10.1. The Balaban J connectivity index is 1.31. The van der Waals surface area contributed by atoms with Gasteiger partial charge in [0.15, 0.2) is 0 Å². The van der Waals surface area contributed by atoms with Crippen molar-refractivity contribution in [2.45, 2.75) is 33.3 Å². The van der Waals surface area contributed by atoms with Gasteiger partial charge in [-0.1, -0.05) is 67.2 Å². The summed E-state index contributed by atoms with van der Waals surface area (Å²) in [5, 5.41) is 13.9. The smallest absolute Gasteiger partial charge is 0.478 e. The number of aromatic carboxylic acids is 1. The molecule has 0 spiro atoms. The monoisotopic (exact) mass is 570 g/mol. The third kappa shape index (κ3) is 6.17. The Bertz CT molecular complexity index is 1770. The molecule has 0 aliphatic carbocycles. The standard InChI is InChI=1S/C34H29F3N2O3/c1-21-23(3)39(20-25-8-12-26(13-9-25)29-6-4-5-7-30(29)33(40)41)32-17-14-27(18-31(21)32)22(2)38-19-24-10-15-28(16-11-24)42-34(35,36)37/h4-18,38H,2,19-20H2,1,3H3,(H,40,41). The molecule has 0 aliphatic rings. The van der Waals surface area contributed by atoms with E-state index in [1.54, 1.807) is 24.3 Å². The molecule has 0 unspecified atom stereocenters. The number of hydrogen-bond donors (Lipinski definition) is 2. The van der Waals surface area contributed by atoms with Gasteiger partial charge in [-0.15, -0.1) is 13.2 Å². The lowest BCUT2D eigenvalue weighted by Gasteiger charge is -2.13. The number of carbonyl (C=O) groups is 1. The molecule has 0 saturated heterocycles. The van der Waals surface area contributed by atoms with Gasteiger partial charge in [-0.05, 0) is 77.6 Å². The number of hydrogen-bond acceptors (Lipinski definition) is 3. The number of benzene rings is 4. The number of aromatic nitrogens is 1. The molecule has 0 radical (unpaired) electrons. The van der Waals surface area contributed by atoms with Gasteiger partial charge in [0.2, 0.25) is 0 Å². The molecule has 2 N–H and O–H groups in total. The zero-order valence-electron chi connectivity index (χ0n) is 23.1. The molecule has 5 aromatic rings. The van der Waals surface area contributed by atoms with Crippen molar-refractivity contribution in [1.29, 1.82) is 0 Å². The normalized spacial score (nSPS) is 11.5. The van der Waals surface area contributed by atoms with Gasteiger partial charge < -0.3 is 19.7 Å². The number of nitrogens with one attached hydrogen (secondary N) is 1. The van der Waals surface area contributed by atoms with Gasteiger partial charge >= 0.3 is 12.3 Å². The molecular weight excluding hydrogens is 541 g/mol. The number of fused-ring (bicyclic) bond motifs is 1. The average Bonchev–Trinajstić information content (AvgIpc) is 3.20. The minimum atomic E-state index is -4.72. The van der Waals surface area contributed by atoms with E-state index in [0.29, 0.717) is 24.4 Å². The number of aryl methyl sites for hydroxylation is 1. The van der Waals surface area contributed by atoms with Crippen LogP contribution in [-0.4, -0.2) is 22.0 Å². The number of rotatable bonds is 9. The predicted molar refractivity (Wildman–Crippen MR) is 158 cm³/mol. The Morgan fingerprint density at radius 2 is 1.60 bits per heavy atom. The summed E-state index contributed by atoms with van der Waals surface area (Å²) in [6.45, 7) is 9.39. The van der Waals surface area contributed by atoms with Crippen LogP contribution >= 0.6 is 0 Å². The Morgan fingerprint density at radius 3 is 2.26 bits per heavy atom. The van der Waals surface area contributed by atoms with E-state index in [4.69, 9.17) is 0 Å². The second-order valence-electron chi connectivity index (χ2n) is 10.1. The van der Waals surface area contributed by atoms with Gasteiger partial charge in [0.05, 0.1) is 5.56 Å². The van der Waals surface area contributed by atoms with Crippen molar-refractivity contribution in [3.05, 3.63) is 131 Å². The van der Waals surface area contributed by atoms with E-state index in [9.17, 15) is 23.1 Å². The number of carboxylic acids is 1. The van der Waals surface area contributed by atoms with Gasteiger partial charge in [-0.3, -0.25) is 0 Å². The fourth-order valence-electron chi connectivity index (χ4n) is 5.05. The molecule has 0 amide bonds. The molecular formula is C34H29F3N2O3. The van der Waals surface area contributed by atoms with Gasteiger partial charge in [0.25, 0.3) is 0 Å². The molecule has 4 aromatic carbocycles. The summed E-state index contributed by atoms with van der Waals surface area (Å²) >= 11 is 0. The summed E-state index contributed by atoms with van der Waals surface area (Å²) in [6.07, 6.45) is -4.72. The quantitative estimate of drug-likeness (QED) is 0.187. The highest BCUT2D eigenvalue weighted by molar-refractivity contribution is 5.96. The maximum atomic E-state index is 12.4. The first-order valence-corrected chi connectivity index (χ1v) is 13.3. The van der Waals surface area contributed by atoms with Gasteiger partial charge in [0, 0.05) is 35.4 Å². The minimum absolute atomic E-state index is 0.259. The van der Waals surface area contributed by atoms with Crippen LogP contribution in [0.1, 0.15) is 38.3 Å². The van der Waals surface area contributed by atoms with Crippen molar-refractivity contribution in [2.24, 2.45) is 0 Å². The van der Waals surface area contributed by atoms with Crippen LogP contribution in [0.25, 0.3) is 27.7 Å². The van der Waals surface area contributed by atoms with E-state index in [2.05, 4.69) is 47.2 Å². The lowest BCUT2D eigenvalue weighted by Crippen LogP contribution is -2.17. The van der Waals surface area contributed by atoms with Crippen LogP contribution in [0.3, 0.4) is 0 Å². The molecule has 0 atom stereocenters. The number of carboxylic acid groups (broad SMARTS) is 1. The predicted octanol–water partition coefficient (Wildman–Crippen LogP) is 8.33. The Morgan fingerprint density at radius 1 is 0.929 bits per heavy atom. The van der Waals surface area contributed by atoms with Crippen LogP contribution in [0.2, 0.25) is 0 Å². The molecule has 0 aliphatic heterocycles. The molecule has 42 heavy (non-hydrogen) atoms. The molecule has 0 saturated carbocycles. The zero-order chi connectivity index (χ0) is 30.0. The summed E-state index contributed by atoms with van der Waals surface area (Å²) in [5.74, 6) is -1.21. The van der Waals surface area contributed by atoms with Crippen molar-refractivity contribution in [3.63, 3.8) is 0 Å². The van der Waals surface area contributed by atoms with Crippen LogP contribution in [-0.2, 0) is 13.1 Å². The third-order valence-corrected chi connectivity index (χ3v) is 7.41. The van der Waals surface area contributed by atoms with E-state index in [1.165, 1.54) is 12.1 Å². The van der Waals surface area contributed by atoms with E-state index in [-0.39, 0.29) is 11.3 Å². The lowest BCUT2D eigenvalue weighted by atomic mass is 9.99. The molecule has 1 aromatic heterocycles. The number of nitrogens with zero attached hydrogens (tertiary/aromatic N) is 1. The van der Waals surface area contributed by atoms with E-state index in [0.717, 1.165) is 44.4 Å². The fourth-order valence-corrected chi connectivity index (χ4v) is 5.05. The lowest BCUT2D eigenvalue weighted by molar-refractivity contribution is -0.274. The number of halogens is 3. The molecule has 1 heterocycles. The van der Waals surface area contributed by atoms with Gasteiger partial charge in [-0.25, -0.2) is 4.79 Å². The van der Waals surface area contributed by atoms with Crippen LogP contribution in [0.4, 0.5) is 13.2 Å². The largest absolute Gasteiger partial charge is 0.573 e. The van der Waals surface area contributed by atoms with E-state index in [1.807, 2.05) is 42.5 Å². The minimum Gasteiger partial charge on any atom is -0.478 e. The van der Waals surface area contributed by atoms with Crippen molar-refractivity contribution in [3.8, 4) is 16.9 Å². The maximum absolute atomic E-state index is 12.4. The van der Waals surface area contributed by atoms with Crippen molar-refractivity contribution >= 4 is 22.6 Å². The molecule has 5 nitrogen and oxygen atoms in total. The Kier molecular flexibility index (Phi) is 7.81. The molecule has 8 heteroatoms. The first-order chi connectivity index (χ1) is 20.0. The first kappa shape index (κ1) is 28.5. The summed E-state index contributed by atoms with van der Waals surface area (Å²) < 4.78 is 43.4. The highest BCUT2D eigenvalue weighted by Gasteiger charge is 2.31. The van der Waals surface area contributed by atoms with Crippen LogP contribution in [0.15, 0.2) is 97.6 Å².